The molecule has 0 aliphatic heterocycles. The van der Waals surface area contributed by atoms with Gasteiger partial charge in [0.25, 0.3) is 5.91 Å². The third-order valence-electron chi connectivity index (χ3n) is 2.48. The lowest BCUT2D eigenvalue weighted by Crippen LogP contribution is -2.25. The molecule has 0 aliphatic rings. The number of amides is 1. The minimum Gasteiger partial charge on any atom is -0.493 e. The van der Waals surface area contributed by atoms with Gasteiger partial charge in [-0.05, 0) is 12.1 Å². The van der Waals surface area contributed by atoms with Gasteiger partial charge in [-0.3, -0.25) is 9.63 Å². The smallest absolute Gasteiger partial charge is 0.275 e. The molecule has 1 aromatic rings. The van der Waals surface area contributed by atoms with Gasteiger partial charge in [0.2, 0.25) is 5.75 Å². The fraction of sp³-hybridized carbons (Fsp3) is 0.462. The first kappa shape index (κ1) is 16.1. The standard InChI is InChI=1S/C13H19NO6/c1-16-5-6-20-14-13(15)9-7-10(17-2)12(19-4)11(8-9)18-3/h7-8H,5-6H2,1-4H3,(H,14,15). The summed E-state index contributed by atoms with van der Waals surface area (Å²) in [4.78, 5) is 16.9. The van der Waals surface area contributed by atoms with Gasteiger partial charge in [-0.15, -0.1) is 0 Å². The van der Waals surface area contributed by atoms with Gasteiger partial charge in [-0.1, -0.05) is 0 Å². The summed E-state index contributed by atoms with van der Waals surface area (Å²) in [7, 11) is 6.00. The Kier molecular flexibility index (Phi) is 6.61. The average Bonchev–Trinajstić information content (AvgIpc) is 2.49. The average molecular weight is 285 g/mol. The van der Waals surface area contributed by atoms with Crippen LogP contribution in [0.15, 0.2) is 12.1 Å². The van der Waals surface area contributed by atoms with E-state index in [2.05, 4.69) is 5.48 Å². The summed E-state index contributed by atoms with van der Waals surface area (Å²) in [5.74, 6) is 0.801. The maximum atomic E-state index is 11.9. The van der Waals surface area contributed by atoms with Gasteiger partial charge in [-0.25, -0.2) is 5.48 Å². The molecule has 0 spiro atoms. The van der Waals surface area contributed by atoms with E-state index in [9.17, 15) is 4.79 Å². The Balaban J connectivity index is 2.86. The van der Waals surface area contributed by atoms with E-state index in [0.29, 0.717) is 29.4 Å². The lowest BCUT2D eigenvalue weighted by molar-refractivity contribution is 0.00885. The highest BCUT2D eigenvalue weighted by atomic mass is 16.7. The van der Waals surface area contributed by atoms with Crippen molar-refractivity contribution in [2.75, 3.05) is 41.7 Å². The monoisotopic (exact) mass is 285 g/mol. The molecule has 7 heteroatoms. The van der Waals surface area contributed by atoms with Crippen molar-refractivity contribution in [3.8, 4) is 17.2 Å². The number of rotatable bonds is 8. The highest BCUT2D eigenvalue weighted by Gasteiger charge is 2.16. The molecule has 20 heavy (non-hydrogen) atoms. The van der Waals surface area contributed by atoms with Gasteiger partial charge < -0.3 is 18.9 Å². The molecular weight excluding hydrogens is 266 g/mol. The highest BCUT2D eigenvalue weighted by Crippen LogP contribution is 2.38. The summed E-state index contributed by atoms with van der Waals surface area (Å²) in [5.41, 5.74) is 2.63. The van der Waals surface area contributed by atoms with Gasteiger partial charge in [0.1, 0.15) is 0 Å². The molecule has 0 radical (unpaired) electrons. The number of carbonyl (C=O) groups excluding carboxylic acids is 1. The molecule has 0 atom stereocenters. The fourth-order valence-corrected chi connectivity index (χ4v) is 1.51. The first-order valence-corrected chi connectivity index (χ1v) is 5.89. The Morgan fingerprint density at radius 1 is 1.00 bits per heavy atom. The molecular formula is C13H19NO6. The summed E-state index contributed by atoms with van der Waals surface area (Å²) in [6, 6.07) is 3.08. The van der Waals surface area contributed by atoms with Crippen LogP contribution in [0.3, 0.4) is 0 Å². The Morgan fingerprint density at radius 3 is 2.05 bits per heavy atom. The maximum Gasteiger partial charge on any atom is 0.275 e. The van der Waals surface area contributed by atoms with Crippen LogP contribution in [-0.4, -0.2) is 47.6 Å². The molecule has 0 bridgehead atoms. The predicted octanol–water partition coefficient (Wildman–Crippen LogP) is 1.02. The molecule has 1 N–H and O–H groups in total. The lowest BCUT2D eigenvalue weighted by Gasteiger charge is -2.14. The third-order valence-corrected chi connectivity index (χ3v) is 2.48. The van der Waals surface area contributed by atoms with Crippen molar-refractivity contribution >= 4 is 5.91 Å². The zero-order valence-electron chi connectivity index (χ0n) is 12.0. The molecule has 1 rings (SSSR count). The summed E-state index contributed by atoms with van der Waals surface area (Å²) in [6.07, 6.45) is 0. The molecule has 0 saturated heterocycles. The van der Waals surface area contributed by atoms with Crippen molar-refractivity contribution in [3.05, 3.63) is 17.7 Å². The Hall–Kier alpha value is -1.99. The number of hydrogen-bond donors (Lipinski definition) is 1. The Labute approximate surface area is 117 Å². The van der Waals surface area contributed by atoms with Gasteiger partial charge in [0.05, 0.1) is 34.5 Å². The van der Waals surface area contributed by atoms with Crippen molar-refractivity contribution in [2.24, 2.45) is 0 Å². The Morgan fingerprint density at radius 2 is 1.60 bits per heavy atom. The normalized spacial score (nSPS) is 10.0. The van der Waals surface area contributed by atoms with E-state index in [1.165, 1.54) is 33.5 Å². The zero-order valence-corrected chi connectivity index (χ0v) is 12.0. The highest BCUT2D eigenvalue weighted by molar-refractivity contribution is 5.94. The molecule has 0 unspecified atom stereocenters. The summed E-state index contributed by atoms with van der Waals surface area (Å²) in [5, 5.41) is 0. The van der Waals surface area contributed by atoms with Crippen molar-refractivity contribution in [2.45, 2.75) is 0 Å². The first-order chi connectivity index (χ1) is 9.67. The van der Waals surface area contributed by atoms with Crippen molar-refractivity contribution in [3.63, 3.8) is 0 Å². The fourth-order valence-electron chi connectivity index (χ4n) is 1.51. The number of hydroxylamine groups is 1. The number of carbonyl (C=O) groups is 1. The number of nitrogens with one attached hydrogen (secondary N) is 1. The molecule has 1 amide bonds. The molecule has 0 saturated carbocycles. The SMILES string of the molecule is COCCONC(=O)c1cc(OC)c(OC)c(OC)c1. The zero-order chi connectivity index (χ0) is 15.0. The van der Waals surface area contributed by atoms with E-state index in [4.69, 9.17) is 23.8 Å². The first-order valence-electron chi connectivity index (χ1n) is 5.89. The molecule has 0 heterocycles. The third kappa shape index (κ3) is 4.01. The summed E-state index contributed by atoms with van der Waals surface area (Å²) >= 11 is 0. The molecule has 0 fully saturated rings. The van der Waals surface area contributed by atoms with Crippen molar-refractivity contribution < 1.29 is 28.6 Å². The topological polar surface area (TPSA) is 75.3 Å². The van der Waals surface area contributed by atoms with Gasteiger partial charge in [0.15, 0.2) is 11.5 Å². The molecule has 112 valence electrons. The minimum atomic E-state index is -0.416. The van der Waals surface area contributed by atoms with Crippen LogP contribution in [0.5, 0.6) is 17.2 Å². The minimum absolute atomic E-state index is 0.257. The van der Waals surface area contributed by atoms with Crippen LogP contribution >= 0.6 is 0 Å². The van der Waals surface area contributed by atoms with Gasteiger partial charge in [-0.2, -0.15) is 0 Å². The molecule has 7 nitrogen and oxygen atoms in total. The van der Waals surface area contributed by atoms with Crippen LogP contribution in [-0.2, 0) is 9.57 Å². The van der Waals surface area contributed by atoms with E-state index in [-0.39, 0.29) is 6.61 Å². The van der Waals surface area contributed by atoms with E-state index in [0.717, 1.165) is 0 Å². The quantitative estimate of drug-likeness (QED) is 0.568. The molecule has 1 aromatic carbocycles. The van der Waals surface area contributed by atoms with E-state index >= 15 is 0 Å². The molecule has 0 aliphatic carbocycles. The van der Waals surface area contributed by atoms with E-state index in [1.54, 1.807) is 7.11 Å². The second-order valence-corrected chi connectivity index (χ2v) is 3.69. The number of hydrogen-bond acceptors (Lipinski definition) is 6. The number of methoxy groups -OCH3 is 4. The van der Waals surface area contributed by atoms with E-state index in [1.807, 2.05) is 0 Å². The predicted molar refractivity (Wildman–Crippen MR) is 71.4 cm³/mol. The van der Waals surface area contributed by atoms with Crippen LogP contribution in [0, 0.1) is 0 Å². The summed E-state index contributed by atoms with van der Waals surface area (Å²) in [6.45, 7) is 0.641. The molecule has 0 aromatic heterocycles. The van der Waals surface area contributed by atoms with Crippen molar-refractivity contribution in [1.82, 2.24) is 5.48 Å². The van der Waals surface area contributed by atoms with Gasteiger partial charge in [0, 0.05) is 12.7 Å². The van der Waals surface area contributed by atoms with Crippen molar-refractivity contribution in [1.29, 1.82) is 0 Å². The summed E-state index contributed by atoms with van der Waals surface area (Å²) < 4.78 is 20.3. The van der Waals surface area contributed by atoms with Crippen LogP contribution in [0.2, 0.25) is 0 Å². The van der Waals surface area contributed by atoms with Crippen LogP contribution in [0.25, 0.3) is 0 Å². The number of ether oxygens (including phenoxy) is 4. The largest absolute Gasteiger partial charge is 0.493 e. The second-order valence-electron chi connectivity index (χ2n) is 3.69. The second kappa shape index (κ2) is 8.23. The van der Waals surface area contributed by atoms with Crippen LogP contribution < -0.4 is 19.7 Å². The maximum absolute atomic E-state index is 11.9. The van der Waals surface area contributed by atoms with Crippen LogP contribution in [0.1, 0.15) is 10.4 Å². The number of benzene rings is 1. The van der Waals surface area contributed by atoms with E-state index < -0.39 is 5.91 Å². The lowest BCUT2D eigenvalue weighted by atomic mass is 10.1. The van der Waals surface area contributed by atoms with Gasteiger partial charge >= 0.3 is 0 Å². The van der Waals surface area contributed by atoms with Crippen LogP contribution in [0.4, 0.5) is 0 Å². The Bertz CT molecular complexity index is 423.